The van der Waals surface area contributed by atoms with Crippen LogP contribution in [-0.4, -0.2) is 40.1 Å². The van der Waals surface area contributed by atoms with Crippen molar-refractivity contribution in [2.45, 2.75) is 31.3 Å². The zero-order valence-electron chi connectivity index (χ0n) is 17.6. The van der Waals surface area contributed by atoms with Gasteiger partial charge in [-0.05, 0) is 43.7 Å². The first-order chi connectivity index (χ1) is 15.6. The number of aryl methyl sites for hydroxylation is 2. The molecular weight excluding hydrogens is 424 g/mol. The molecule has 0 spiro atoms. The Morgan fingerprint density at radius 1 is 1.06 bits per heavy atom. The van der Waals surface area contributed by atoms with Crippen LogP contribution in [0, 0.1) is 13.8 Å². The van der Waals surface area contributed by atoms with Crippen molar-refractivity contribution in [1.82, 2.24) is 39.5 Å². The molecule has 1 aromatic carbocycles. The predicted molar refractivity (Wildman–Crippen MR) is 120 cm³/mol. The minimum Gasteiger partial charge on any atom is -0.345 e. The number of hydrogen-bond acceptors (Lipinski definition) is 7. The fraction of sp³-hybridized carbons (Fsp3) is 0.182. The molecule has 0 aliphatic heterocycles. The molecule has 1 N–H and O–H groups in total. The summed E-state index contributed by atoms with van der Waals surface area (Å²) in [5.74, 6) is 1.65. The van der Waals surface area contributed by atoms with Crippen molar-refractivity contribution in [1.29, 1.82) is 0 Å². The largest absolute Gasteiger partial charge is 0.345 e. The summed E-state index contributed by atoms with van der Waals surface area (Å²) in [6.07, 6.45) is 1.88. The summed E-state index contributed by atoms with van der Waals surface area (Å²) in [5.41, 5.74) is 4.14. The maximum Gasteiger partial charge on any atom is 0.253 e. The molecule has 4 aromatic heterocycles. The van der Waals surface area contributed by atoms with Gasteiger partial charge in [0, 0.05) is 28.9 Å². The van der Waals surface area contributed by atoms with Gasteiger partial charge in [-0.3, -0.25) is 9.20 Å². The van der Waals surface area contributed by atoms with Crippen molar-refractivity contribution >= 4 is 29.1 Å². The van der Waals surface area contributed by atoms with E-state index in [0.717, 1.165) is 22.6 Å². The van der Waals surface area contributed by atoms with Crippen molar-refractivity contribution in [3.8, 4) is 0 Å². The van der Waals surface area contributed by atoms with E-state index in [1.165, 1.54) is 11.8 Å². The van der Waals surface area contributed by atoms with E-state index in [0.29, 0.717) is 28.1 Å². The van der Waals surface area contributed by atoms with Crippen LogP contribution in [0.25, 0.3) is 11.4 Å². The van der Waals surface area contributed by atoms with Crippen LogP contribution in [0.5, 0.6) is 0 Å². The van der Waals surface area contributed by atoms with Crippen LogP contribution in [0.1, 0.15) is 33.1 Å². The quantitative estimate of drug-likeness (QED) is 0.402. The number of fused-ring (bicyclic) bond motifs is 2. The highest BCUT2D eigenvalue weighted by atomic mass is 32.2. The summed E-state index contributed by atoms with van der Waals surface area (Å²) in [4.78, 5) is 21.8. The van der Waals surface area contributed by atoms with Crippen LogP contribution >= 0.6 is 11.8 Å². The number of thioether (sulfide) groups is 1. The first-order valence-electron chi connectivity index (χ1n) is 10.1. The molecule has 5 aromatic rings. The van der Waals surface area contributed by atoms with Gasteiger partial charge in [0.2, 0.25) is 5.16 Å². The predicted octanol–water partition coefficient (Wildman–Crippen LogP) is 3.01. The number of hydrogen-bond donors (Lipinski definition) is 1. The number of rotatable bonds is 6. The summed E-state index contributed by atoms with van der Waals surface area (Å²) in [6.45, 7) is 4.19. The summed E-state index contributed by atoms with van der Waals surface area (Å²) in [7, 11) is 0. The number of nitrogens with zero attached hydrogens (tertiary/aromatic N) is 7. The number of pyridine rings is 1. The van der Waals surface area contributed by atoms with E-state index in [4.69, 9.17) is 0 Å². The Balaban J connectivity index is 1.30. The third-order valence-electron chi connectivity index (χ3n) is 5.01. The fourth-order valence-electron chi connectivity index (χ4n) is 3.49. The average molecular weight is 445 g/mol. The van der Waals surface area contributed by atoms with Crippen LogP contribution in [0.2, 0.25) is 0 Å². The lowest BCUT2D eigenvalue weighted by Crippen LogP contribution is -2.25. The summed E-state index contributed by atoms with van der Waals surface area (Å²) in [5, 5.41) is 16.4. The normalized spacial score (nSPS) is 11.3. The third-order valence-corrected chi connectivity index (χ3v) is 5.90. The number of aromatic nitrogens is 7. The van der Waals surface area contributed by atoms with Gasteiger partial charge >= 0.3 is 0 Å². The summed E-state index contributed by atoms with van der Waals surface area (Å²) in [6, 6.07) is 15.2. The van der Waals surface area contributed by atoms with E-state index in [9.17, 15) is 4.79 Å². The Bertz CT molecular complexity index is 1440. The molecule has 9 nitrogen and oxygen atoms in total. The zero-order valence-corrected chi connectivity index (χ0v) is 18.4. The van der Waals surface area contributed by atoms with E-state index < -0.39 is 0 Å². The fourth-order valence-corrected chi connectivity index (χ4v) is 4.31. The van der Waals surface area contributed by atoms with E-state index >= 15 is 0 Å². The molecule has 32 heavy (non-hydrogen) atoms. The van der Waals surface area contributed by atoms with Gasteiger partial charge in [-0.2, -0.15) is 4.98 Å². The Morgan fingerprint density at radius 2 is 1.91 bits per heavy atom. The minimum atomic E-state index is -0.162. The molecule has 4 heterocycles. The molecule has 5 rings (SSSR count). The molecule has 0 fully saturated rings. The average Bonchev–Trinajstić information content (AvgIpc) is 3.40. The molecule has 0 unspecified atom stereocenters. The number of benzene rings is 1. The number of carbonyl (C=O) groups excluding carboxylic acids is 1. The van der Waals surface area contributed by atoms with Crippen molar-refractivity contribution in [3.63, 3.8) is 0 Å². The number of nitrogens with one attached hydrogen (secondary N) is 1. The first kappa shape index (κ1) is 20.1. The van der Waals surface area contributed by atoms with Crippen molar-refractivity contribution < 1.29 is 4.79 Å². The monoisotopic (exact) mass is 444 g/mol. The van der Waals surface area contributed by atoms with Crippen LogP contribution in [-0.2, 0) is 12.3 Å². The van der Waals surface area contributed by atoms with Crippen molar-refractivity contribution in [3.05, 3.63) is 83.1 Å². The Morgan fingerprint density at radius 3 is 2.81 bits per heavy atom. The molecule has 1 amide bonds. The highest BCUT2D eigenvalue weighted by Gasteiger charge is 2.14. The van der Waals surface area contributed by atoms with E-state index in [1.807, 2.05) is 73.0 Å². The lowest BCUT2D eigenvalue weighted by Gasteiger charge is -2.09. The highest BCUT2D eigenvalue weighted by Crippen LogP contribution is 2.23. The molecule has 0 aliphatic carbocycles. The van der Waals surface area contributed by atoms with Gasteiger partial charge < -0.3 is 5.32 Å². The first-order valence-corrected chi connectivity index (χ1v) is 11.1. The summed E-state index contributed by atoms with van der Waals surface area (Å²) >= 11 is 1.47. The van der Waals surface area contributed by atoms with Crippen LogP contribution in [0.15, 0.2) is 59.9 Å². The Hall–Kier alpha value is -3.79. The molecule has 10 heteroatoms. The second kappa shape index (κ2) is 8.39. The molecule has 0 atom stereocenters. The second-order valence-electron chi connectivity index (χ2n) is 7.32. The maximum atomic E-state index is 12.9. The number of carbonyl (C=O) groups is 1. The topological polar surface area (TPSA) is 102 Å². The molecule has 160 valence electrons. The van der Waals surface area contributed by atoms with Gasteiger partial charge in [-0.1, -0.05) is 36.0 Å². The van der Waals surface area contributed by atoms with Gasteiger partial charge in [0.25, 0.3) is 11.7 Å². The van der Waals surface area contributed by atoms with E-state index in [2.05, 4.69) is 30.6 Å². The van der Waals surface area contributed by atoms with Gasteiger partial charge in [0.15, 0.2) is 11.5 Å². The van der Waals surface area contributed by atoms with Gasteiger partial charge in [-0.15, -0.1) is 15.3 Å². The Labute approximate surface area is 187 Å². The van der Waals surface area contributed by atoms with Gasteiger partial charge in [-0.25, -0.2) is 9.50 Å². The zero-order chi connectivity index (χ0) is 22.1. The molecule has 0 saturated heterocycles. The van der Waals surface area contributed by atoms with Crippen molar-refractivity contribution in [2.24, 2.45) is 0 Å². The second-order valence-corrected chi connectivity index (χ2v) is 8.26. The highest BCUT2D eigenvalue weighted by molar-refractivity contribution is 7.98. The third kappa shape index (κ3) is 3.92. The lowest BCUT2D eigenvalue weighted by molar-refractivity contribution is 0.0949. The summed E-state index contributed by atoms with van der Waals surface area (Å²) < 4.78 is 3.59. The smallest absolute Gasteiger partial charge is 0.253 e. The lowest BCUT2D eigenvalue weighted by atomic mass is 10.1. The van der Waals surface area contributed by atoms with E-state index in [1.54, 1.807) is 4.52 Å². The van der Waals surface area contributed by atoms with Crippen LogP contribution in [0.4, 0.5) is 0 Å². The van der Waals surface area contributed by atoms with E-state index in [-0.39, 0.29) is 12.5 Å². The van der Waals surface area contributed by atoms with Gasteiger partial charge in [0.1, 0.15) is 0 Å². The number of amides is 1. The van der Waals surface area contributed by atoms with Crippen molar-refractivity contribution in [2.75, 3.05) is 0 Å². The molecular formula is C22H20N8OS. The molecule has 0 saturated carbocycles. The molecule has 0 bridgehead atoms. The minimum absolute atomic E-state index is 0.162. The van der Waals surface area contributed by atoms with Gasteiger partial charge in [0.05, 0.1) is 6.54 Å². The van der Waals surface area contributed by atoms with Crippen LogP contribution < -0.4 is 5.32 Å². The molecule has 0 aliphatic rings. The SMILES string of the molecule is Cc1cc(C)n2nc(SCc3ccccc3C(=O)NCc3nnc4ccccn34)nc2n1. The Kier molecular flexibility index (Phi) is 5.28. The van der Waals surface area contributed by atoms with Crippen LogP contribution in [0.3, 0.4) is 0 Å². The molecule has 0 radical (unpaired) electrons. The standard InChI is InChI=1S/C22H20N8OS/c1-14-11-15(2)30-21(24-14)25-22(28-30)32-13-16-7-3-4-8-17(16)20(31)23-12-19-27-26-18-9-5-6-10-29(18)19/h3-11H,12-13H2,1-2H3,(H,23,31). The maximum absolute atomic E-state index is 12.9.